The highest BCUT2D eigenvalue weighted by Crippen LogP contribution is 2.26. The second-order valence-corrected chi connectivity index (χ2v) is 3.66. The summed E-state index contributed by atoms with van der Waals surface area (Å²) in [5.41, 5.74) is 2.00. The van der Waals surface area contributed by atoms with Gasteiger partial charge in [-0.25, -0.2) is 4.79 Å². The fraction of sp³-hybridized carbons (Fsp3) is 0.231. The average molecular weight is 231 g/mol. The van der Waals surface area contributed by atoms with E-state index in [2.05, 4.69) is 11.9 Å². The van der Waals surface area contributed by atoms with Crippen molar-refractivity contribution in [3.8, 4) is 5.75 Å². The molecule has 0 aliphatic carbocycles. The molecule has 0 radical (unpaired) electrons. The number of carboxylic acid groups (broad SMARTS) is 1. The smallest absolute Gasteiger partial charge is 0.341 e. The Hall–Kier alpha value is -2.10. The summed E-state index contributed by atoms with van der Waals surface area (Å²) in [5, 5.41) is 9.46. The topological polar surface area (TPSA) is 59.4 Å². The number of para-hydroxylation sites is 1. The van der Waals surface area contributed by atoms with Gasteiger partial charge in [-0.1, -0.05) is 19.1 Å². The molecule has 0 aliphatic heterocycles. The Labute approximate surface area is 98.9 Å². The van der Waals surface area contributed by atoms with Gasteiger partial charge in [-0.15, -0.1) is 0 Å². The molecular formula is C13H13NO3. The molecule has 0 fully saturated rings. The number of aryl methyl sites for hydroxylation is 1. The van der Waals surface area contributed by atoms with Gasteiger partial charge < -0.3 is 9.84 Å². The van der Waals surface area contributed by atoms with E-state index in [1.165, 1.54) is 0 Å². The zero-order valence-electron chi connectivity index (χ0n) is 9.51. The number of ether oxygens (including phenoxy) is 1. The van der Waals surface area contributed by atoms with Crippen molar-refractivity contribution in [1.82, 2.24) is 4.98 Å². The number of hydrogen-bond acceptors (Lipinski definition) is 3. The Bertz CT molecular complexity index is 551. The maximum absolute atomic E-state index is 10.5. The van der Waals surface area contributed by atoms with Crippen LogP contribution in [-0.2, 0) is 11.2 Å². The molecule has 0 unspecified atom stereocenters. The van der Waals surface area contributed by atoms with Crippen LogP contribution < -0.4 is 4.74 Å². The fourth-order valence-corrected chi connectivity index (χ4v) is 1.76. The normalized spacial score (nSPS) is 10.4. The number of fused-ring (bicyclic) bond motifs is 1. The van der Waals surface area contributed by atoms with Gasteiger partial charge in [0, 0.05) is 11.6 Å². The van der Waals surface area contributed by atoms with Crippen LogP contribution in [0.15, 0.2) is 30.5 Å². The summed E-state index contributed by atoms with van der Waals surface area (Å²) in [5.74, 6) is -0.422. The van der Waals surface area contributed by atoms with Crippen LogP contribution in [0.4, 0.5) is 0 Å². The van der Waals surface area contributed by atoms with E-state index in [0.717, 1.165) is 22.9 Å². The Morgan fingerprint density at radius 2 is 2.24 bits per heavy atom. The van der Waals surface area contributed by atoms with Crippen LogP contribution in [0, 0.1) is 0 Å². The first-order valence-corrected chi connectivity index (χ1v) is 5.43. The summed E-state index contributed by atoms with van der Waals surface area (Å²) in [6, 6.07) is 7.51. The molecule has 2 rings (SSSR count). The summed E-state index contributed by atoms with van der Waals surface area (Å²) in [6.07, 6.45) is 2.52. The third-order valence-corrected chi connectivity index (χ3v) is 2.55. The monoisotopic (exact) mass is 231 g/mol. The second kappa shape index (κ2) is 4.82. The molecule has 0 atom stereocenters. The van der Waals surface area contributed by atoms with Crippen molar-refractivity contribution in [2.45, 2.75) is 13.3 Å². The van der Waals surface area contributed by atoms with Gasteiger partial charge in [0.25, 0.3) is 0 Å². The van der Waals surface area contributed by atoms with Gasteiger partial charge in [0.05, 0.1) is 5.52 Å². The lowest BCUT2D eigenvalue weighted by atomic mass is 10.1. The van der Waals surface area contributed by atoms with Crippen LogP contribution in [0.1, 0.15) is 12.5 Å². The quantitative estimate of drug-likeness (QED) is 0.876. The van der Waals surface area contributed by atoms with Crippen LogP contribution in [0.2, 0.25) is 0 Å². The molecule has 0 amide bonds. The first-order valence-electron chi connectivity index (χ1n) is 5.43. The van der Waals surface area contributed by atoms with E-state index in [1.807, 2.05) is 18.2 Å². The number of pyridine rings is 1. The average Bonchev–Trinajstić information content (AvgIpc) is 2.35. The largest absolute Gasteiger partial charge is 0.481 e. The van der Waals surface area contributed by atoms with Crippen LogP contribution in [0.3, 0.4) is 0 Å². The molecule has 1 N–H and O–H groups in total. The van der Waals surface area contributed by atoms with Gasteiger partial charge in [-0.3, -0.25) is 4.98 Å². The van der Waals surface area contributed by atoms with Crippen molar-refractivity contribution in [3.05, 3.63) is 36.0 Å². The number of carboxylic acids is 1. The van der Waals surface area contributed by atoms with E-state index in [1.54, 1.807) is 12.3 Å². The van der Waals surface area contributed by atoms with E-state index >= 15 is 0 Å². The molecule has 0 aliphatic rings. The minimum atomic E-state index is -0.985. The van der Waals surface area contributed by atoms with Gasteiger partial charge in [0.1, 0.15) is 5.75 Å². The molecular weight excluding hydrogens is 218 g/mol. The van der Waals surface area contributed by atoms with E-state index in [9.17, 15) is 4.79 Å². The van der Waals surface area contributed by atoms with Crippen molar-refractivity contribution in [2.75, 3.05) is 6.61 Å². The van der Waals surface area contributed by atoms with E-state index in [-0.39, 0.29) is 6.61 Å². The molecule has 4 heteroatoms. The predicted octanol–water partition coefficient (Wildman–Crippen LogP) is 2.26. The first kappa shape index (κ1) is 11.4. The van der Waals surface area contributed by atoms with E-state index in [0.29, 0.717) is 5.75 Å². The maximum Gasteiger partial charge on any atom is 0.341 e. The lowest BCUT2D eigenvalue weighted by molar-refractivity contribution is -0.139. The molecule has 0 saturated heterocycles. The zero-order chi connectivity index (χ0) is 12.3. The number of aliphatic carboxylic acids is 1. The number of nitrogens with zero attached hydrogens (tertiary/aromatic N) is 1. The SMILES string of the molecule is CCc1cccc2c(OCC(=O)O)ccnc12. The number of benzene rings is 1. The van der Waals surface area contributed by atoms with Crippen molar-refractivity contribution < 1.29 is 14.6 Å². The molecule has 0 saturated carbocycles. The standard InChI is InChI=1S/C13H13NO3/c1-2-9-4-3-5-10-11(17-8-12(15)16)6-7-14-13(9)10/h3-7H,2,8H2,1H3,(H,15,16). The van der Waals surface area contributed by atoms with Gasteiger partial charge in [-0.05, 0) is 24.1 Å². The first-order chi connectivity index (χ1) is 8.22. The molecule has 4 nitrogen and oxygen atoms in total. The third kappa shape index (κ3) is 2.36. The lowest BCUT2D eigenvalue weighted by Crippen LogP contribution is -2.09. The molecule has 17 heavy (non-hydrogen) atoms. The minimum Gasteiger partial charge on any atom is -0.481 e. The maximum atomic E-state index is 10.5. The molecule has 2 aromatic rings. The van der Waals surface area contributed by atoms with Crippen molar-refractivity contribution in [2.24, 2.45) is 0 Å². The van der Waals surface area contributed by atoms with Crippen LogP contribution >= 0.6 is 0 Å². The summed E-state index contributed by atoms with van der Waals surface area (Å²) < 4.78 is 5.24. The van der Waals surface area contributed by atoms with Gasteiger partial charge in [0.2, 0.25) is 0 Å². The van der Waals surface area contributed by atoms with Crippen LogP contribution in [0.5, 0.6) is 5.75 Å². The highest BCUT2D eigenvalue weighted by atomic mass is 16.5. The number of carbonyl (C=O) groups is 1. The lowest BCUT2D eigenvalue weighted by Gasteiger charge is -2.08. The van der Waals surface area contributed by atoms with Crippen LogP contribution in [0.25, 0.3) is 10.9 Å². The Kier molecular flexibility index (Phi) is 3.23. The van der Waals surface area contributed by atoms with Gasteiger partial charge in [0.15, 0.2) is 6.61 Å². The molecule has 0 spiro atoms. The molecule has 1 aromatic heterocycles. The predicted molar refractivity (Wildman–Crippen MR) is 64.3 cm³/mol. The van der Waals surface area contributed by atoms with E-state index < -0.39 is 5.97 Å². The van der Waals surface area contributed by atoms with Gasteiger partial charge >= 0.3 is 5.97 Å². The third-order valence-electron chi connectivity index (χ3n) is 2.55. The summed E-state index contributed by atoms with van der Waals surface area (Å²) >= 11 is 0. The minimum absolute atomic E-state index is 0.338. The van der Waals surface area contributed by atoms with Crippen molar-refractivity contribution in [3.63, 3.8) is 0 Å². The summed E-state index contributed by atoms with van der Waals surface area (Å²) in [4.78, 5) is 14.8. The molecule has 1 aromatic carbocycles. The Morgan fingerprint density at radius 3 is 2.94 bits per heavy atom. The second-order valence-electron chi connectivity index (χ2n) is 3.66. The number of hydrogen-bond donors (Lipinski definition) is 1. The van der Waals surface area contributed by atoms with E-state index in [4.69, 9.17) is 9.84 Å². The van der Waals surface area contributed by atoms with Crippen LogP contribution in [-0.4, -0.2) is 22.7 Å². The Balaban J connectivity index is 2.46. The van der Waals surface area contributed by atoms with Crippen molar-refractivity contribution in [1.29, 1.82) is 0 Å². The van der Waals surface area contributed by atoms with Crippen molar-refractivity contribution >= 4 is 16.9 Å². The fourth-order valence-electron chi connectivity index (χ4n) is 1.76. The number of rotatable bonds is 4. The summed E-state index contributed by atoms with van der Waals surface area (Å²) in [6.45, 7) is 1.72. The number of aromatic nitrogens is 1. The molecule has 0 bridgehead atoms. The zero-order valence-corrected chi connectivity index (χ0v) is 9.51. The Morgan fingerprint density at radius 1 is 1.41 bits per heavy atom. The molecule has 88 valence electrons. The summed E-state index contributed by atoms with van der Waals surface area (Å²) in [7, 11) is 0. The highest BCUT2D eigenvalue weighted by Gasteiger charge is 2.07. The highest BCUT2D eigenvalue weighted by molar-refractivity contribution is 5.87. The van der Waals surface area contributed by atoms with Gasteiger partial charge in [-0.2, -0.15) is 0 Å². The molecule has 1 heterocycles.